The van der Waals surface area contributed by atoms with Crippen molar-refractivity contribution in [1.29, 1.82) is 0 Å². The highest BCUT2D eigenvalue weighted by molar-refractivity contribution is 5.76. The first-order chi connectivity index (χ1) is 9.77. The number of nitrogens with one attached hydrogen (secondary N) is 1. The fraction of sp³-hybridized carbons (Fsp3) is 0.571. The molecule has 0 aliphatic carbocycles. The van der Waals surface area contributed by atoms with Crippen LogP contribution in [0.4, 0.5) is 0 Å². The van der Waals surface area contributed by atoms with Crippen LogP contribution in [0.2, 0.25) is 0 Å². The Morgan fingerprint density at radius 3 is 2.80 bits per heavy atom. The molecule has 1 amide bonds. The van der Waals surface area contributed by atoms with Crippen molar-refractivity contribution < 1.29 is 9.53 Å². The molecular formula is C14H21N3O3. The lowest BCUT2D eigenvalue weighted by atomic mass is 10.3. The number of aromatic nitrogens is 1. The summed E-state index contributed by atoms with van der Waals surface area (Å²) in [6, 6.07) is 5.11. The van der Waals surface area contributed by atoms with Gasteiger partial charge in [-0.1, -0.05) is 6.07 Å². The molecule has 1 fully saturated rings. The molecule has 2 heterocycles. The fourth-order valence-corrected chi connectivity index (χ4v) is 2.14. The standard InChI is InChI=1S/C14H21N3O3/c18-13-3-1-2-7-16(13)8-6-15-5-4-14(19)17-9-11-20-12-10-17/h1-3,7,15H,4-6,8-12H2. The third kappa shape index (κ3) is 4.47. The van der Waals surface area contributed by atoms with Crippen molar-refractivity contribution >= 4 is 5.91 Å². The maximum atomic E-state index is 11.9. The number of carbonyl (C=O) groups excluding carboxylic acids is 1. The zero-order valence-corrected chi connectivity index (χ0v) is 11.6. The van der Waals surface area contributed by atoms with Gasteiger partial charge in [0.15, 0.2) is 0 Å². The van der Waals surface area contributed by atoms with Crippen molar-refractivity contribution in [2.45, 2.75) is 13.0 Å². The molecule has 0 unspecified atom stereocenters. The van der Waals surface area contributed by atoms with Crippen LogP contribution in [0.1, 0.15) is 6.42 Å². The maximum absolute atomic E-state index is 11.9. The predicted molar refractivity (Wildman–Crippen MR) is 75.6 cm³/mol. The minimum Gasteiger partial charge on any atom is -0.378 e. The van der Waals surface area contributed by atoms with Gasteiger partial charge in [0, 0.05) is 51.4 Å². The SMILES string of the molecule is O=C(CCNCCn1ccccc1=O)N1CCOCC1. The first-order valence-corrected chi connectivity index (χ1v) is 6.99. The van der Waals surface area contributed by atoms with E-state index in [-0.39, 0.29) is 11.5 Å². The summed E-state index contributed by atoms with van der Waals surface area (Å²) in [6.07, 6.45) is 2.26. The summed E-state index contributed by atoms with van der Waals surface area (Å²) in [7, 11) is 0. The van der Waals surface area contributed by atoms with E-state index in [1.807, 2.05) is 11.0 Å². The van der Waals surface area contributed by atoms with Crippen LogP contribution < -0.4 is 10.9 Å². The van der Waals surface area contributed by atoms with E-state index in [4.69, 9.17) is 4.74 Å². The molecule has 0 spiro atoms. The number of hydrogen-bond acceptors (Lipinski definition) is 4. The topological polar surface area (TPSA) is 63.6 Å². The third-order valence-electron chi connectivity index (χ3n) is 3.31. The number of amides is 1. The molecule has 0 radical (unpaired) electrons. The van der Waals surface area contributed by atoms with E-state index in [1.54, 1.807) is 22.9 Å². The van der Waals surface area contributed by atoms with Crippen molar-refractivity contribution in [1.82, 2.24) is 14.8 Å². The summed E-state index contributed by atoms with van der Waals surface area (Å²) in [5, 5.41) is 3.19. The van der Waals surface area contributed by atoms with Crippen LogP contribution in [0.5, 0.6) is 0 Å². The van der Waals surface area contributed by atoms with E-state index >= 15 is 0 Å². The summed E-state index contributed by atoms with van der Waals surface area (Å²) in [4.78, 5) is 25.2. The van der Waals surface area contributed by atoms with Crippen molar-refractivity contribution in [2.75, 3.05) is 39.4 Å². The Kier molecular flexibility index (Phi) is 5.76. The second kappa shape index (κ2) is 7.81. The number of carbonyl (C=O) groups is 1. The molecule has 6 heteroatoms. The molecule has 1 saturated heterocycles. The largest absolute Gasteiger partial charge is 0.378 e. The summed E-state index contributed by atoms with van der Waals surface area (Å²) >= 11 is 0. The second-order valence-electron chi connectivity index (χ2n) is 4.73. The molecule has 0 aromatic carbocycles. The Morgan fingerprint density at radius 1 is 1.25 bits per heavy atom. The molecule has 1 N–H and O–H groups in total. The molecule has 110 valence electrons. The van der Waals surface area contributed by atoms with Crippen LogP contribution in [-0.4, -0.2) is 54.8 Å². The molecule has 0 atom stereocenters. The van der Waals surface area contributed by atoms with Crippen molar-refractivity contribution in [2.24, 2.45) is 0 Å². The van der Waals surface area contributed by atoms with Crippen LogP contribution in [0.15, 0.2) is 29.2 Å². The van der Waals surface area contributed by atoms with Gasteiger partial charge in [0.2, 0.25) is 5.91 Å². The molecule has 1 aromatic rings. The van der Waals surface area contributed by atoms with Gasteiger partial charge in [0.05, 0.1) is 13.2 Å². The van der Waals surface area contributed by atoms with Gasteiger partial charge in [-0.2, -0.15) is 0 Å². The molecule has 1 aromatic heterocycles. The van der Waals surface area contributed by atoms with Crippen LogP contribution in [0.3, 0.4) is 0 Å². The van der Waals surface area contributed by atoms with Gasteiger partial charge in [-0.25, -0.2) is 0 Å². The Hall–Kier alpha value is -1.66. The number of pyridine rings is 1. The van der Waals surface area contributed by atoms with Gasteiger partial charge in [-0.15, -0.1) is 0 Å². The quantitative estimate of drug-likeness (QED) is 0.725. The third-order valence-corrected chi connectivity index (χ3v) is 3.31. The van der Waals surface area contributed by atoms with E-state index in [0.29, 0.717) is 52.4 Å². The van der Waals surface area contributed by atoms with Gasteiger partial charge in [-0.05, 0) is 6.07 Å². The lowest BCUT2D eigenvalue weighted by Crippen LogP contribution is -2.41. The van der Waals surface area contributed by atoms with E-state index in [0.717, 1.165) is 0 Å². The molecule has 20 heavy (non-hydrogen) atoms. The predicted octanol–water partition coefficient (Wildman–Crippen LogP) is -0.313. The Balaban J connectivity index is 1.60. The lowest BCUT2D eigenvalue weighted by Gasteiger charge is -2.26. The highest BCUT2D eigenvalue weighted by Gasteiger charge is 2.15. The van der Waals surface area contributed by atoms with Crippen LogP contribution in [0.25, 0.3) is 0 Å². The molecule has 2 rings (SSSR count). The van der Waals surface area contributed by atoms with Crippen LogP contribution in [0, 0.1) is 0 Å². The summed E-state index contributed by atoms with van der Waals surface area (Å²) < 4.78 is 6.86. The number of hydrogen-bond donors (Lipinski definition) is 1. The minimum absolute atomic E-state index is 0.00121. The molecule has 0 saturated carbocycles. The zero-order valence-electron chi connectivity index (χ0n) is 11.6. The van der Waals surface area contributed by atoms with E-state index in [1.165, 1.54) is 0 Å². The smallest absolute Gasteiger partial charge is 0.250 e. The highest BCUT2D eigenvalue weighted by atomic mass is 16.5. The molecule has 1 aliphatic rings. The minimum atomic E-state index is -0.00121. The first-order valence-electron chi connectivity index (χ1n) is 6.99. The van der Waals surface area contributed by atoms with Crippen molar-refractivity contribution in [3.8, 4) is 0 Å². The number of nitrogens with zero attached hydrogens (tertiary/aromatic N) is 2. The van der Waals surface area contributed by atoms with Gasteiger partial charge in [0.1, 0.15) is 0 Å². The number of ether oxygens (including phenoxy) is 1. The van der Waals surface area contributed by atoms with Crippen LogP contribution in [-0.2, 0) is 16.1 Å². The first kappa shape index (κ1) is 14.7. The summed E-state index contributed by atoms with van der Waals surface area (Å²) in [6.45, 7) is 4.59. The van der Waals surface area contributed by atoms with Crippen LogP contribution >= 0.6 is 0 Å². The fourth-order valence-electron chi connectivity index (χ4n) is 2.14. The average molecular weight is 279 g/mol. The maximum Gasteiger partial charge on any atom is 0.250 e. The van der Waals surface area contributed by atoms with Crippen molar-refractivity contribution in [3.05, 3.63) is 34.7 Å². The van der Waals surface area contributed by atoms with E-state index in [2.05, 4.69) is 5.32 Å². The van der Waals surface area contributed by atoms with Gasteiger partial charge < -0.3 is 19.5 Å². The highest BCUT2D eigenvalue weighted by Crippen LogP contribution is 1.99. The zero-order chi connectivity index (χ0) is 14.2. The second-order valence-corrected chi connectivity index (χ2v) is 4.73. The summed E-state index contributed by atoms with van der Waals surface area (Å²) in [5.74, 6) is 0.165. The average Bonchev–Trinajstić information content (AvgIpc) is 2.49. The van der Waals surface area contributed by atoms with Crippen molar-refractivity contribution in [3.63, 3.8) is 0 Å². The molecule has 0 bridgehead atoms. The summed E-state index contributed by atoms with van der Waals surface area (Å²) in [5.41, 5.74) is -0.00121. The molecular weight excluding hydrogens is 258 g/mol. The molecule has 1 aliphatic heterocycles. The van der Waals surface area contributed by atoms with E-state index < -0.39 is 0 Å². The Bertz CT molecular complexity index is 481. The van der Waals surface area contributed by atoms with Gasteiger partial charge >= 0.3 is 0 Å². The molecule has 6 nitrogen and oxygen atoms in total. The van der Waals surface area contributed by atoms with Gasteiger partial charge in [0.25, 0.3) is 5.56 Å². The lowest BCUT2D eigenvalue weighted by molar-refractivity contribution is -0.135. The number of morpholine rings is 1. The monoisotopic (exact) mass is 279 g/mol. The normalized spacial score (nSPS) is 15.3. The Labute approximate surface area is 118 Å². The Morgan fingerprint density at radius 2 is 2.05 bits per heavy atom. The number of rotatable bonds is 6. The van der Waals surface area contributed by atoms with Gasteiger partial charge in [-0.3, -0.25) is 9.59 Å². The van der Waals surface area contributed by atoms with E-state index in [9.17, 15) is 9.59 Å².